The van der Waals surface area contributed by atoms with Crippen molar-refractivity contribution in [1.82, 2.24) is 19.5 Å². The lowest BCUT2D eigenvalue weighted by Gasteiger charge is -2.34. The number of rotatable bonds is 9. The van der Waals surface area contributed by atoms with E-state index in [-0.39, 0.29) is 0 Å². The van der Waals surface area contributed by atoms with E-state index < -0.39 is 8.07 Å². The van der Waals surface area contributed by atoms with Gasteiger partial charge in [-0.05, 0) is 86.5 Å². The van der Waals surface area contributed by atoms with Gasteiger partial charge < -0.3 is 4.57 Å². The van der Waals surface area contributed by atoms with Crippen molar-refractivity contribution in [3.8, 4) is 51.0 Å². The highest BCUT2D eigenvalue weighted by Gasteiger charge is 2.41. The summed E-state index contributed by atoms with van der Waals surface area (Å²) in [6, 6.07) is 92.0. The largest absolute Gasteiger partial charge is 0.309 e. The van der Waals surface area contributed by atoms with Gasteiger partial charge in [-0.15, -0.1) is 11.3 Å². The summed E-state index contributed by atoms with van der Waals surface area (Å²) < 4.78 is 4.90. The Morgan fingerprint density at radius 2 is 0.754 bits per heavy atom. The third-order valence-electron chi connectivity index (χ3n) is 13.6. The van der Waals surface area contributed by atoms with Crippen LogP contribution in [0, 0.1) is 0 Å². The monoisotopic (exact) mass is 914 g/mol. The number of benzene rings is 10. The van der Waals surface area contributed by atoms with Crippen LogP contribution in [0.4, 0.5) is 0 Å². The molecule has 0 saturated heterocycles. The smallest absolute Gasteiger partial charge is 0.179 e. The Morgan fingerprint density at radius 3 is 1.33 bits per heavy atom. The van der Waals surface area contributed by atoms with Crippen molar-refractivity contribution >= 4 is 82.1 Å². The molecule has 69 heavy (non-hydrogen) atoms. The first-order chi connectivity index (χ1) is 34.2. The average Bonchev–Trinajstić information content (AvgIpc) is 3.98. The Kier molecular flexibility index (Phi) is 10.00. The molecule has 0 unspecified atom stereocenters. The number of para-hydroxylation sites is 2. The van der Waals surface area contributed by atoms with Crippen molar-refractivity contribution < 1.29 is 0 Å². The minimum absolute atomic E-state index is 0.616. The summed E-state index contributed by atoms with van der Waals surface area (Å²) in [4.78, 5) is 15.9. The predicted octanol–water partition coefficient (Wildman–Crippen LogP) is 13.4. The van der Waals surface area contributed by atoms with Crippen LogP contribution in [0.1, 0.15) is 0 Å². The van der Waals surface area contributed by atoms with Crippen molar-refractivity contribution in [1.29, 1.82) is 0 Å². The van der Waals surface area contributed by atoms with E-state index in [1.807, 2.05) is 11.3 Å². The lowest BCUT2D eigenvalue weighted by Crippen LogP contribution is -2.74. The summed E-state index contributed by atoms with van der Waals surface area (Å²) >= 11 is 1.84. The Labute approximate surface area is 405 Å². The molecule has 0 atom stereocenters. The van der Waals surface area contributed by atoms with Gasteiger partial charge in [-0.1, -0.05) is 200 Å². The van der Waals surface area contributed by atoms with Gasteiger partial charge in [0.1, 0.15) is 0 Å². The Morgan fingerprint density at radius 1 is 0.319 bits per heavy atom. The van der Waals surface area contributed by atoms with Crippen LogP contribution < -0.4 is 20.7 Å². The van der Waals surface area contributed by atoms with Gasteiger partial charge in [0, 0.05) is 53.3 Å². The fourth-order valence-corrected chi connectivity index (χ4v) is 16.4. The number of hydrogen-bond acceptors (Lipinski definition) is 4. The third-order valence-corrected chi connectivity index (χ3v) is 19.6. The highest BCUT2D eigenvalue weighted by molar-refractivity contribution is 7.26. The van der Waals surface area contributed by atoms with E-state index in [0.717, 1.165) is 27.9 Å². The van der Waals surface area contributed by atoms with Gasteiger partial charge in [0.15, 0.2) is 25.5 Å². The number of fused-ring (bicyclic) bond motifs is 6. The molecule has 13 aromatic rings. The number of hydrogen-bond donors (Lipinski definition) is 0. The van der Waals surface area contributed by atoms with Gasteiger partial charge >= 0.3 is 0 Å². The molecule has 324 valence electrons. The molecule has 3 heterocycles. The minimum atomic E-state index is -2.74. The zero-order valence-corrected chi connectivity index (χ0v) is 39.3. The van der Waals surface area contributed by atoms with Crippen LogP contribution in [0.5, 0.6) is 0 Å². The van der Waals surface area contributed by atoms with Crippen LogP contribution in [0.3, 0.4) is 0 Å². The lowest BCUT2D eigenvalue weighted by molar-refractivity contribution is 1.07. The first-order valence-electron chi connectivity index (χ1n) is 23.3. The van der Waals surface area contributed by atoms with E-state index in [2.05, 4.69) is 259 Å². The molecule has 0 fully saturated rings. The molecule has 0 amide bonds. The summed E-state index contributed by atoms with van der Waals surface area (Å²) in [6.45, 7) is 0. The summed E-state index contributed by atoms with van der Waals surface area (Å²) in [7, 11) is -2.74. The van der Waals surface area contributed by atoms with Crippen LogP contribution in [0.15, 0.2) is 255 Å². The Bertz CT molecular complexity index is 3850. The summed E-state index contributed by atoms with van der Waals surface area (Å²) in [5.41, 5.74) is 8.50. The fourth-order valence-electron chi connectivity index (χ4n) is 10.5. The molecule has 3 aromatic heterocycles. The number of aromatic nitrogens is 4. The molecular formula is C63H42N4SSi. The summed E-state index contributed by atoms with van der Waals surface area (Å²) in [5, 5.41) is 10.3. The minimum Gasteiger partial charge on any atom is -0.309 e. The van der Waals surface area contributed by atoms with Crippen molar-refractivity contribution in [2.45, 2.75) is 0 Å². The maximum atomic E-state index is 5.32. The second-order valence-corrected chi connectivity index (χ2v) is 22.4. The van der Waals surface area contributed by atoms with Crippen molar-refractivity contribution in [2.24, 2.45) is 0 Å². The van der Waals surface area contributed by atoms with E-state index >= 15 is 0 Å². The van der Waals surface area contributed by atoms with Crippen molar-refractivity contribution in [2.75, 3.05) is 0 Å². The maximum Gasteiger partial charge on any atom is 0.179 e. The van der Waals surface area contributed by atoms with Gasteiger partial charge in [-0.25, -0.2) is 15.0 Å². The molecule has 6 heteroatoms. The van der Waals surface area contributed by atoms with Gasteiger partial charge in [-0.2, -0.15) is 0 Å². The zero-order chi connectivity index (χ0) is 45.7. The molecule has 0 spiro atoms. The van der Waals surface area contributed by atoms with Crippen LogP contribution in [-0.2, 0) is 0 Å². The van der Waals surface area contributed by atoms with Gasteiger partial charge in [-0.3, -0.25) is 0 Å². The SMILES string of the molecule is c1ccc([Si](c2ccccc2)(c2ccccc2)c2ccc(-c3nc(-c4ccc(-n5c6ccccc6c6ccccc65)cc4)nc(-c4cccc(-c5cccc6sc7ccccc7c56)c4)n3)cc2)cc1. The maximum absolute atomic E-state index is 5.32. The molecular weight excluding hydrogens is 873 g/mol. The zero-order valence-electron chi connectivity index (χ0n) is 37.4. The first kappa shape index (κ1) is 40.7. The van der Waals surface area contributed by atoms with Crippen molar-refractivity contribution in [3.63, 3.8) is 0 Å². The average molecular weight is 915 g/mol. The van der Waals surface area contributed by atoms with Crippen LogP contribution >= 0.6 is 11.3 Å². The lowest BCUT2D eigenvalue weighted by atomic mass is 9.98. The van der Waals surface area contributed by atoms with Gasteiger partial charge in [0.2, 0.25) is 0 Å². The molecule has 0 bridgehead atoms. The molecule has 0 aliphatic rings. The number of nitrogens with zero attached hydrogens (tertiary/aromatic N) is 4. The van der Waals surface area contributed by atoms with E-state index in [1.165, 1.54) is 68.3 Å². The third kappa shape index (κ3) is 6.91. The normalized spacial score (nSPS) is 11.8. The molecule has 0 aliphatic heterocycles. The Hall–Kier alpha value is -8.55. The van der Waals surface area contributed by atoms with E-state index in [4.69, 9.17) is 15.0 Å². The molecule has 13 rings (SSSR count). The standard InChI is InChI=1S/C63H42N4SSi/c1-4-20-48(21-5-1)69(49-22-6-2-7-23-49,50-24-8-3-9-25-50)51-40-36-44(37-41-51)62-64-61(43-34-38-47(39-35-43)67-56-30-13-10-26-53(56)54-27-11-14-31-57(54)67)65-63(66-62)46-19-16-18-45(42-46)52-29-17-33-59-60(52)55-28-12-15-32-58(55)68-59/h1-42H. The predicted molar refractivity (Wildman–Crippen MR) is 292 cm³/mol. The van der Waals surface area contributed by atoms with Crippen LogP contribution in [-0.4, -0.2) is 27.6 Å². The number of thiophene rings is 1. The second kappa shape index (κ2) is 17.0. The van der Waals surface area contributed by atoms with Crippen LogP contribution in [0.25, 0.3) is 93.0 Å². The molecule has 4 nitrogen and oxygen atoms in total. The van der Waals surface area contributed by atoms with E-state index in [0.29, 0.717) is 17.5 Å². The highest BCUT2D eigenvalue weighted by atomic mass is 32.1. The summed E-state index contributed by atoms with van der Waals surface area (Å²) in [5.74, 6) is 1.86. The topological polar surface area (TPSA) is 43.6 Å². The van der Waals surface area contributed by atoms with Gasteiger partial charge in [0.25, 0.3) is 0 Å². The quantitative estimate of drug-likeness (QED) is 0.107. The molecule has 10 aromatic carbocycles. The fraction of sp³-hybridized carbons (Fsp3) is 0. The molecule has 0 saturated carbocycles. The molecule has 0 radical (unpaired) electrons. The van der Waals surface area contributed by atoms with Crippen LogP contribution in [0.2, 0.25) is 0 Å². The van der Waals surface area contributed by atoms with E-state index in [9.17, 15) is 0 Å². The summed E-state index contributed by atoms with van der Waals surface area (Å²) in [6.07, 6.45) is 0. The van der Waals surface area contributed by atoms with Crippen molar-refractivity contribution in [3.05, 3.63) is 255 Å². The van der Waals surface area contributed by atoms with E-state index in [1.54, 1.807) is 0 Å². The molecule has 0 N–H and O–H groups in total. The highest BCUT2D eigenvalue weighted by Crippen LogP contribution is 2.41. The Balaban J connectivity index is 0.967. The molecule has 0 aliphatic carbocycles. The van der Waals surface area contributed by atoms with Gasteiger partial charge in [0.05, 0.1) is 11.0 Å². The first-order valence-corrected chi connectivity index (χ1v) is 26.2. The second-order valence-electron chi connectivity index (χ2n) is 17.5.